The van der Waals surface area contributed by atoms with Gasteiger partial charge in [-0.15, -0.1) is 0 Å². The van der Waals surface area contributed by atoms with E-state index < -0.39 is 5.41 Å². The maximum atomic E-state index is 2.51. The lowest BCUT2D eigenvalue weighted by Crippen LogP contribution is -2.26. The van der Waals surface area contributed by atoms with Gasteiger partial charge in [0.25, 0.3) is 0 Å². The molecule has 288 valence electrons. The minimum Gasteiger partial charge on any atom is -0.310 e. The highest BCUT2D eigenvalue weighted by atomic mass is 15.1. The number of allylic oxidation sites excluding steroid dienone is 6. The van der Waals surface area contributed by atoms with Gasteiger partial charge in [0.15, 0.2) is 0 Å². The van der Waals surface area contributed by atoms with Crippen LogP contribution in [0.25, 0.3) is 55.3 Å². The van der Waals surface area contributed by atoms with Gasteiger partial charge in [0, 0.05) is 38.9 Å². The quantitative estimate of drug-likeness (QED) is 0.173. The van der Waals surface area contributed by atoms with Crippen molar-refractivity contribution in [3.8, 4) is 27.9 Å². The molecule has 0 saturated carbocycles. The smallest absolute Gasteiger partial charge is 0.0725 e. The third-order valence-electron chi connectivity index (χ3n) is 14.2. The Balaban J connectivity index is 1.07. The van der Waals surface area contributed by atoms with Gasteiger partial charge in [-0.2, -0.15) is 0 Å². The number of hydrogen-bond donors (Lipinski definition) is 0. The van der Waals surface area contributed by atoms with E-state index in [0.717, 1.165) is 29.2 Å². The van der Waals surface area contributed by atoms with E-state index in [9.17, 15) is 0 Å². The van der Waals surface area contributed by atoms with E-state index >= 15 is 0 Å². The van der Waals surface area contributed by atoms with Gasteiger partial charge in [-0.3, -0.25) is 0 Å². The van der Waals surface area contributed by atoms with Crippen molar-refractivity contribution in [1.82, 2.24) is 4.57 Å². The predicted molar refractivity (Wildman–Crippen MR) is 255 cm³/mol. The number of para-hydroxylation sites is 2. The second-order valence-corrected chi connectivity index (χ2v) is 17.6. The van der Waals surface area contributed by atoms with Crippen LogP contribution in [-0.2, 0) is 10.8 Å². The van der Waals surface area contributed by atoms with Crippen molar-refractivity contribution < 1.29 is 0 Å². The Labute approximate surface area is 356 Å². The molecular formula is C59H42N2. The van der Waals surface area contributed by atoms with Crippen molar-refractivity contribution >= 4 is 44.4 Å². The van der Waals surface area contributed by atoms with Crippen molar-refractivity contribution in [3.05, 3.63) is 245 Å². The van der Waals surface area contributed by atoms with Crippen LogP contribution < -0.4 is 4.90 Å². The summed E-state index contributed by atoms with van der Waals surface area (Å²) in [5.41, 5.74) is 22.6. The maximum Gasteiger partial charge on any atom is 0.0725 e. The summed E-state index contributed by atoms with van der Waals surface area (Å²) >= 11 is 0. The van der Waals surface area contributed by atoms with Gasteiger partial charge in [0.05, 0.1) is 16.4 Å². The molecular weight excluding hydrogens is 737 g/mol. The molecule has 0 atom stereocenters. The van der Waals surface area contributed by atoms with Gasteiger partial charge >= 0.3 is 0 Å². The molecule has 8 aromatic carbocycles. The summed E-state index contributed by atoms with van der Waals surface area (Å²) in [6.45, 7) is 4.75. The molecule has 0 radical (unpaired) electrons. The second-order valence-electron chi connectivity index (χ2n) is 17.6. The molecule has 0 amide bonds. The van der Waals surface area contributed by atoms with E-state index in [1.807, 2.05) is 0 Å². The number of aromatic nitrogens is 1. The highest BCUT2D eigenvalue weighted by Gasteiger charge is 2.52. The summed E-state index contributed by atoms with van der Waals surface area (Å²) in [7, 11) is 0. The molecule has 9 aromatic rings. The van der Waals surface area contributed by atoms with Gasteiger partial charge in [-0.1, -0.05) is 159 Å². The molecule has 0 fully saturated rings. The number of anilines is 3. The molecule has 0 saturated heterocycles. The highest BCUT2D eigenvalue weighted by Crippen LogP contribution is 2.63. The van der Waals surface area contributed by atoms with Gasteiger partial charge in [0.2, 0.25) is 0 Å². The SMILES string of the molecule is CC1(C)c2ccccc2-c2ccc(N(c3ccc4c(c3)C3=C(C=CCC=C3)C43c4ccccc4-c4ccccc43)c3ccc4c(c3)c3ccccc3n4-c3ccccc3)cc21. The summed E-state index contributed by atoms with van der Waals surface area (Å²) in [4.78, 5) is 2.51. The number of nitrogens with zero attached hydrogens (tertiary/aromatic N) is 2. The first-order valence-electron chi connectivity index (χ1n) is 21.6. The van der Waals surface area contributed by atoms with Crippen molar-refractivity contribution in [1.29, 1.82) is 0 Å². The number of benzene rings is 8. The molecule has 0 unspecified atom stereocenters. The van der Waals surface area contributed by atoms with E-state index in [-0.39, 0.29) is 5.41 Å². The second kappa shape index (κ2) is 12.5. The Bertz CT molecular complexity index is 3380. The van der Waals surface area contributed by atoms with Crippen molar-refractivity contribution in [3.63, 3.8) is 0 Å². The Morgan fingerprint density at radius 2 is 0.984 bits per heavy atom. The molecule has 2 nitrogen and oxygen atoms in total. The van der Waals surface area contributed by atoms with Crippen LogP contribution in [0.4, 0.5) is 17.1 Å². The molecule has 4 aliphatic carbocycles. The number of rotatable bonds is 4. The zero-order valence-electron chi connectivity index (χ0n) is 34.2. The van der Waals surface area contributed by atoms with Crippen molar-refractivity contribution in [2.24, 2.45) is 0 Å². The lowest BCUT2D eigenvalue weighted by molar-refractivity contribution is 0.660. The topological polar surface area (TPSA) is 8.17 Å². The predicted octanol–water partition coefficient (Wildman–Crippen LogP) is 15.2. The molecule has 0 N–H and O–H groups in total. The van der Waals surface area contributed by atoms with E-state index in [4.69, 9.17) is 0 Å². The molecule has 0 aliphatic heterocycles. The molecule has 1 spiro atoms. The minimum atomic E-state index is -0.395. The molecule has 61 heavy (non-hydrogen) atoms. The highest BCUT2D eigenvalue weighted by molar-refractivity contribution is 6.11. The Kier molecular flexibility index (Phi) is 7.09. The first-order chi connectivity index (χ1) is 30.0. The van der Waals surface area contributed by atoms with Gasteiger partial charge in [-0.25, -0.2) is 0 Å². The molecule has 0 bridgehead atoms. The van der Waals surface area contributed by atoms with Crippen LogP contribution in [0.3, 0.4) is 0 Å². The monoisotopic (exact) mass is 778 g/mol. The summed E-state index contributed by atoms with van der Waals surface area (Å²) in [5.74, 6) is 0. The van der Waals surface area contributed by atoms with Crippen LogP contribution in [0.2, 0.25) is 0 Å². The van der Waals surface area contributed by atoms with Crippen LogP contribution in [-0.4, -0.2) is 4.57 Å². The number of hydrogen-bond acceptors (Lipinski definition) is 1. The Morgan fingerprint density at radius 3 is 1.77 bits per heavy atom. The van der Waals surface area contributed by atoms with Crippen LogP contribution in [0.15, 0.2) is 212 Å². The van der Waals surface area contributed by atoms with E-state index in [1.54, 1.807) is 0 Å². The van der Waals surface area contributed by atoms with E-state index in [0.29, 0.717) is 0 Å². The third kappa shape index (κ3) is 4.57. The van der Waals surface area contributed by atoms with Gasteiger partial charge in [0.1, 0.15) is 0 Å². The molecule has 1 heterocycles. The van der Waals surface area contributed by atoms with Crippen LogP contribution in [0.1, 0.15) is 53.6 Å². The Hall–Kier alpha value is -7.42. The first kappa shape index (κ1) is 34.4. The third-order valence-corrected chi connectivity index (χ3v) is 14.2. The van der Waals surface area contributed by atoms with E-state index in [1.165, 1.54) is 88.6 Å². The largest absolute Gasteiger partial charge is 0.310 e. The molecule has 1 aromatic heterocycles. The standard InChI is InChI=1S/C59H42N2/c1-58(2)50-24-13-9-20-42(50)46-32-29-41(37-55(46)58)60(40-31-34-57-49(36-40)47-23-12-16-28-56(47)61(57)38-17-5-3-6-18-38)39-30-33-54-48(35-39)45-19-7-4-8-25-53(45)59(54)51-26-14-10-21-43(51)44-22-11-15-27-52(44)59/h3,5-37H,4H2,1-2H3. The fourth-order valence-corrected chi connectivity index (χ4v) is 11.6. The summed E-state index contributed by atoms with van der Waals surface area (Å²) < 4.78 is 2.40. The molecule has 2 heteroatoms. The lowest BCUT2D eigenvalue weighted by Gasteiger charge is -2.32. The number of fused-ring (bicyclic) bond motifs is 15. The average Bonchev–Trinajstić information content (AvgIpc) is 3.88. The van der Waals surface area contributed by atoms with Gasteiger partial charge < -0.3 is 9.47 Å². The first-order valence-corrected chi connectivity index (χ1v) is 21.6. The summed E-state index contributed by atoms with van der Waals surface area (Å²) in [6, 6.07) is 68.2. The normalized spacial score (nSPS) is 15.7. The van der Waals surface area contributed by atoms with Crippen LogP contribution >= 0.6 is 0 Å². The Morgan fingerprint density at radius 1 is 0.426 bits per heavy atom. The fraction of sp³-hybridized carbons (Fsp3) is 0.0847. The van der Waals surface area contributed by atoms with Crippen LogP contribution in [0.5, 0.6) is 0 Å². The minimum absolute atomic E-state index is 0.134. The van der Waals surface area contributed by atoms with Crippen molar-refractivity contribution in [2.75, 3.05) is 4.90 Å². The zero-order valence-corrected chi connectivity index (χ0v) is 34.2. The molecule has 4 aliphatic rings. The maximum absolute atomic E-state index is 2.51. The summed E-state index contributed by atoms with van der Waals surface area (Å²) in [5, 5.41) is 2.48. The van der Waals surface area contributed by atoms with Crippen molar-refractivity contribution in [2.45, 2.75) is 31.1 Å². The lowest BCUT2D eigenvalue weighted by atomic mass is 9.69. The van der Waals surface area contributed by atoms with Crippen LogP contribution in [0, 0.1) is 0 Å². The molecule has 13 rings (SSSR count). The van der Waals surface area contributed by atoms with Gasteiger partial charge in [-0.05, 0) is 134 Å². The zero-order chi connectivity index (χ0) is 40.5. The van der Waals surface area contributed by atoms with E-state index in [2.05, 4.69) is 230 Å². The fourth-order valence-electron chi connectivity index (χ4n) is 11.6. The summed E-state index contributed by atoms with van der Waals surface area (Å²) in [6.07, 6.45) is 10.4. The average molecular weight is 779 g/mol.